The number of nitrogens with one attached hydrogen (secondary N) is 3. The van der Waals surface area contributed by atoms with Crippen LogP contribution in [-0.4, -0.2) is 23.9 Å². The fourth-order valence-corrected chi connectivity index (χ4v) is 2.78. The standard InChI is InChI=1S/C17H25N3O2/c1-12(17(22)20-14-7-4-3-5-8-14)18-15-9-6-10-16(11-15)19-13(2)21/h6,9-12,14,18H,3-5,7-8H2,1-2H3,(H,19,21)(H,20,22). The van der Waals surface area contributed by atoms with Crippen LogP contribution in [0.25, 0.3) is 0 Å². The Labute approximate surface area is 131 Å². The van der Waals surface area contributed by atoms with Crippen LogP contribution in [0.15, 0.2) is 24.3 Å². The molecule has 0 saturated heterocycles. The SMILES string of the molecule is CC(=O)Nc1cccc(NC(C)C(=O)NC2CCCCC2)c1. The van der Waals surface area contributed by atoms with Gasteiger partial charge < -0.3 is 16.0 Å². The van der Waals surface area contributed by atoms with E-state index in [0.717, 1.165) is 24.2 Å². The van der Waals surface area contributed by atoms with Gasteiger partial charge in [0, 0.05) is 24.3 Å². The summed E-state index contributed by atoms with van der Waals surface area (Å²) >= 11 is 0. The van der Waals surface area contributed by atoms with E-state index in [1.54, 1.807) is 0 Å². The average molecular weight is 303 g/mol. The third-order valence-electron chi connectivity index (χ3n) is 3.91. The van der Waals surface area contributed by atoms with Crippen molar-refractivity contribution in [3.8, 4) is 0 Å². The molecule has 22 heavy (non-hydrogen) atoms. The number of benzene rings is 1. The lowest BCUT2D eigenvalue weighted by Crippen LogP contribution is -2.44. The first-order valence-corrected chi connectivity index (χ1v) is 7.99. The van der Waals surface area contributed by atoms with E-state index in [0.29, 0.717) is 6.04 Å². The predicted octanol–water partition coefficient (Wildman–Crippen LogP) is 2.89. The van der Waals surface area contributed by atoms with E-state index in [1.165, 1.54) is 26.2 Å². The molecule has 1 saturated carbocycles. The van der Waals surface area contributed by atoms with Gasteiger partial charge >= 0.3 is 0 Å². The number of carbonyl (C=O) groups is 2. The highest BCUT2D eigenvalue weighted by Crippen LogP contribution is 2.18. The molecule has 120 valence electrons. The third-order valence-corrected chi connectivity index (χ3v) is 3.91. The summed E-state index contributed by atoms with van der Waals surface area (Å²) in [5.74, 6) is -0.0860. The number of rotatable bonds is 5. The Hall–Kier alpha value is -2.04. The normalized spacial score (nSPS) is 16.6. The topological polar surface area (TPSA) is 70.2 Å². The van der Waals surface area contributed by atoms with Gasteiger partial charge in [-0.15, -0.1) is 0 Å². The number of carbonyl (C=O) groups excluding carboxylic acids is 2. The highest BCUT2D eigenvalue weighted by Gasteiger charge is 2.19. The van der Waals surface area contributed by atoms with Gasteiger partial charge in [0.05, 0.1) is 0 Å². The lowest BCUT2D eigenvalue weighted by atomic mass is 9.95. The first kappa shape index (κ1) is 16.3. The molecule has 1 atom stereocenters. The molecule has 1 unspecified atom stereocenters. The highest BCUT2D eigenvalue weighted by molar-refractivity contribution is 5.89. The Morgan fingerprint density at radius 1 is 1.14 bits per heavy atom. The van der Waals surface area contributed by atoms with Crippen molar-refractivity contribution in [1.29, 1.82) is 0 Å². The van der Waals surface area contributed by atoms with Gasteiger partial charge in [0.2, 0.25) is 11.8 Å². The lowest BCUT2D eigenvalue weighted by Gasteiger charge is -2.25. The van der Waals surface area contributed by atoms with Crippen molar-refractivity contribution >= 4 is 23.2 Å². The monoisotopic (exact) mass is 303 g/mol. The average Bonchev–Trinajstić information content (AvgIpc) is 2.48. The van der Waals surface area contributed by atoms with Crippen molar-refractivity contribution in [2.75, 3.05) is 10.6 Å². The molecule has 1 fully saturated rings. The van der Waals surface area contributed by atoms with Crippen LogP contribution < -0.4 is 16.0 Å². The van der Waals surface area contributed by atoms with Crippen LogP contribution in [-0.2, 0) is 9.59 Å². The maximum absolute atomic E-state index is 12.2. The van der Waals surface area contributed by atoms with Gasteiger partial charge in [-0.25, -0.2) is 0 Å². The van der Waals surface area contributed by atoms with E-state index < -0.39 is 0 Å². The Bertz CT molecular complexity index is 524. The van der Waals surface area contributed by atoms with Gasteiger partial charge in [0.15, 0.2) is 0 Å². The van der Waals surface area contributed by atoms with Crippen LogP contribution in [0.4, 0.5) is 11.4 Å². The minimum Gasteiger partial charge on any atom is -0.374 e. The molecule has 1 aliphatic rings. The van der Waals surface area contributed by atoms with Crippen molar-refractivity contribution < 1.29 is 9.59 Å². The first-order valence-electron chi connectivity index (χ1n) is 7.99. The maximum Gasteiger partial charge on any atom is 0.242 e. The van der Waals surface area contributed by atoms with Crippen LogP contribution in [0, 0.1) is 0 Å². The summed E-state index contributed by atoms with van der Waals surface area (Å²) in [5, 5.41) is 9.03. The van der Waals surface area contributed by atoms with Crippen molar-refractivity contribution in [2.24, 2.45) is 0 Å². The maximum atomic E-state index is 12.2. The molecule has 0 bridgehead atoms. The second kappa shape index (κ2) is 7.82. The summed E-state index contributed by atoms with van der Waals surface area (Å²) in [6.45, 7) is 3.32. The van der Waals surface area contributed by atoms with Gasteiger partial charge in [-0.3, -0.25) is 9.59 Å². The highest BCUT2D eigenvalue weighted by atomic mass is 16.2. The molecular formula is C17H25N3O2. The van der Waals surface area contributed by atoms with Gasteiger partial charge in [-0.2, -0.15) is 0 Å². The molecule has 2 rings (SSSR count). The zero-order valence-corrected chi connectivity index (χ0v) is 13.3. The van der Waals surface area contributed by atoms with Gasteiger partial charge in [0.1, 0.15) is 6.04 Å². The number of hydrogen-bond donors (Lipinski definition) is 3. The summed E-state index contributed by atoms with van der Waals surface area (Å²) in [6.07, 6.45) is 5.83. The summed E-state index contributed by atoms with van der Waals surface area (Å²) < 4.78 is 0. The van der Waals surface area contributed by atoms with Crippen molar-refractivity contribution in [2.45, 2.75) is 58.0 Å². The van der Waals surface area contributed by atoms with E-state index in [4.69, 9.17) is 0 Å². The molecular weight excluding hydrogens is 278 g/mol. The third kappa shape index (κ3) is 5.06. The Morgan fingerprint density at radius 3 is 2.50 bits per heavy atom. The Balaban J connectivity index is 1.88. The van der Waals surface area contributed by atoms with Crippen molar-refractivity contribution in [1.82, 2.24) is 5.32 Å². The Kier molecular flexibility index (Phi) is 5.81. The summed E-state index contributed by atoms with van der Waals surface area (Å²) in [7, 11) is 0. The van der Waals surface area contributed by atoms with Crippen LogP contribution >= 0.6 is 0 Å². The van der Waals surface area contributed by atoms with Crippen molar-refractivity contribution in [3.63, 3.8) is 0 Å². The minimum absolute atomic E-state index is 0.0248. The second-order valence-electron chi connectivity index (χ2n) is 5.97. The van der Waals surface area contributed by atoms with E-state index in [9.17, 15) is 9.59 Å². The first-order chi connectivity index (χ1) is 10.5. The molecule has 2 amide bonds. The zero-order chi connectivity index (χ0) is 15.9. The van der Waals surface area contributed by atoms with Gasteiger partial charge in [0.25, 0.3) is 0 Å². The summed E-state index contributed by atoms with van der Waals surface area (Å²) in [5.41, 5.74) is 1.54. The fraction of sp³-hybridized carbons (Fsp3) is 0.529. The molecule has 1 aromatic carbocycles. The molecule has 0 aliphatic heterocycles. The number of anilines is 2. The van der Waals surface area contributed by atoms with Gasteiger partial charge in [-0.1, -0.05) is 25.3 Å². The number of amides is 2. The fourth-order valence-electron chi connectivity index (χ4n) is 2.78. The summed E-state index contributed by atoms with van der Waals surface area (Å²) in [4.78, 5) is 23.3. The van der Waals surface area contributed by atoms with E-state index in [-0.39, 0.29) is 17.9 Å². The molecule has 1 aromatic rings. The van der Waals surface area contributed by atoms with Crippen LogP contribution in [0.1, 0.15) is 46.0 Å². The molecule has 0 aromatic heterocycles. The van der Waals surface area contributed by atoms with Crippen molar-refractivity contribution in [3.05, 3.63) is 24.3 Å². The van der Waals surface area contributed by atoms with Crippen LogP contribution in [0.2, 0.25) is 0 Å². The molecule has 5 heteroatoms. The van der Waals surface area contributed by atoms with Crippen LogP contribution in [0.5, 0.6) is 0 Å². The second-order valence-corrected chi connectivity index (χ2v) is 5.97. The van der Waals surface area contributed by atoms with E-state index in [2.05, 4.69) is 16.0 Å². The van der Waals surface area contributed by atoms with Crippen LogP contribution in [0.3, 0.4) is 0 Å². The largest absolute Gasteiger partial charge is 0.374 e. The van der Waals surface area contributed by atoms with Gasteiger partial charge in [-0.05, 0) is 38.0 Å². The van der Waals surface area contributed by atoms with E-state index >= 15 is 0 Å². The Morgan fingerprint density at radius 2 is 1.82 bits per heavy atom. The predicted molar refractivity (Wildman–Crippen MR) is 88.8 cm³/mol. The molecule has 0 spiro atoms. The lowest BCUT2D eigenvalue weighted by molar-refractivity contribution is -0.122. The smallest absolute Gasteiger partial charge is 0.242 e. The molecule has 0 radical (unpaired) electrons. The molecule has 1 aliphatic carbocycles. The molecule has 5 nitrogen and oxygen atoms in total. The molecule has 3 N–H and O–H groups in total. The van der Waals surface area contributed by atoms with E-state index in [1.807, 2.05) is 31.2 Å². The molecule has 0 heterocycles. The minimum atomic E-state index is -0.311. The summed E-state index contributed by atoms with van der Waals surface area (Å²) in [6, 6.07) is 7.38. The zero-order valence-electron chi connectivity index (χ0n) is 13.3. The number of hydrogen-bond acceptors (Lipinski definition) is 3. The quantitative estimate of drug-likeness (QED) is 0.783.